The van der Waals surface area contributed by atoms with Crippen molar-refractivity contribution in [2.75, 3.05) is 5.32 Å². The van der Waals surface area contributed by atoms with Gasteiger partial charge in [-0.2, -0.15) is 0 Å². The van der Waals surface area contributed by atoms with E-state index in [-0.39, 0.29) is 5.91 Å². The molecule has 180 valence electrons. The molecule has 1 amide bonds. The fourth-order valence-electron chi connectivity index (χ4n) is 3.83. The highest BCUT2D eigenvalue weighted by Crippen LogP contribution is 2.30. The number of fused-ring (bicyclic) bond motifs is 1. The first-order valence-corrected chi connectivity index (χ1v) is 12.2. The van der Waals surface area contributed by atoms with Gasteiger partial charge in [-0.1, -0.05) is 42.3 Å². The second-order valence-corrected chi connectivity index (χ2v) is 9.26. The molecule has 0 saturated heterocycles. The van der Waals surface area contributed by atoms with E-state index in [1.807, 2.05) is 43.3 Å². The van der Waals surface area contributed by atoms with Gasteiger partial charge in [0.15, 0.2) is 5.58 Å². The number of aromatic nitrogens is 1. The van der Waals surface area contributed by atoms with Crippen LogP contribution in [0.3, 0.4) is 0 Å². The molecule has 5 nitrogen and oxygen atoms in total. The van der Waals surface area contributed by atoms with E-state index in [0.717, 1.165) is 34.2 Å². The number of rotatable bonds is 6. The number of furan rings is 1. The van der Waals surface area contributed by atoms with Crippen molar-refractivity contribution in [3.63, 3.8) is 0 Å². The Morgan fingerprint density at radius 3 is 2.53 bits per heavy atom. The molecule has 0 aliphatic carbocycles. The van der Waals surface area contributed by atoms with Crippen molar-refractivity contribution in [3.8, 4) is 22.8 Å². The fourth-order valence-corrected chi connectivity index (χ4v) is 4.36. The number of aryl methyl sites for hydroxylation is 2. The lowest BCUT2D eigenvalue weighted by molar-refractivity contribution is -0.111. The maximum Gasteiger partial charge on any atom is 0.248 e. The van der Waals surface area contributed by atoms with Crippen LogP contribution in [0.2, 0.25) is 10.0 Å². The summed E-state index contributed by atoms with van der Waals surface area (Å²) in [4.78, 5) is 17.3. The molecular formula is C29H22Cl2N2O3. The monoisotopic (exact) mass is 516 g/mol. The first-order valence-electron chi connectivity index (χ1n) is 11.4. The molecule has 2 aromatic heterocycles. The number of carbonyl (C=O) groups excluding carboxylic acids is 1. The van der Waals surface area contributed by atoms with E-state index < -0.39 is 0 Å². The first-order chi connectivity index (χ1) is 17.4. The number of amides is 1. The van der Waals surface area contributed by atoms with Crippen molar-refractivity contribution in [2.24, 2.45) is 0 Å². The predicted octanol–water partition coefficient (Wildman–Crippen LogP) is 8.58. The summed E-state index contributed by atoms with van der Waals surface area (Å²) in [7, 11) is 0. The van der Waals surface area contributed by atoms with Gasteiger partial charge in [0.2, 0.25) is 11.8 Å². The average molecular weight is 517 g/mol. The van der Waals surface area contributed by atoms with Crippen LogP contribution in [0.5, 0.6) is 0 Å². The molecule has 0 aliphatic heterocycles. The molecule has 0 radical (unpaired) electrons. The number of benzene rings is 3. The highest BCUT2D eigenvalue weighted by atomic mass is 35.5. The zero-order chi connectivity index (χ0) is 25.2. The van der Waals surface area contributed by atoms with Gasteiger partial charge in [0, 0.05) is 32.9 Å². The molecule has 0 unspecified atom stereocenters. The molecule has 0 bridgehead atoms. The minimum atomic E-state index is -0.288. The van der Waals surface area contributed by atoms with Gasteiger partial charge in [-0.25, -0.2) is 4.98 Å². The highest BCUT2D eigenvalue weighted by molar-refractivity contribution is 6.35. The number of nitrogens with zero attached hydrogens (tertiary/aromatic N) is 1. The van der Waals surface area contributed by atoms with E-state index >= 15 is 0 Å². The van der Waals surface area contributed by atoms with Crippen molar-refractivity contribution >= 4 is 52.0 Å². The van der Waals surface area contributed by atoms with Crippen LogP contribution in [-0.4, -0.2) is 10.9 Å². The van der Waals surface area contributed by atoms with Crippen molar-refractivity contribution in [1.82, 2.24) is 4.98 Å². The molecule has 1 N–H and O–H groups in total. The van der Waals surface area contributed by atoms with Gasteiger partial charge in [0.25, 0.3) is 0 Å². The molecule has 0 saturated carbocycles. The number of nitrogens with one attached hydrogen (secondary N) is 1. The fraction of sp³-hybridized carbons (Fsp3) is 0.103. The molecule has 7 heteroatoms. The molecule has 0 aliphatic rings. The lowest BCUT2D eigenvalue weighted by Crippen LogP contribution is -2.09. The van der Waals surface area contributed by atoms with Crippen molar-refractivity contribution in [2.45, 2.75) is 20.3 Å². The van der Waals surface area contributed by atoms with Crippen molar-refractivity contribution < 1.29 is 13.6 Å². The molecule has 2 heterocycles. The molecule has 0 atom stereocenters. The molecule has 5 rings (SSSR count). The maximum atomic E-state index is 12.6. The summed E-state index contributed by atoms with van der Waals surface area (Å²) >= 11 is 12.2. The molecule has 0 fully saturated rings. The van der Waals surface area contributed by atoms with Crippen LogP contribution in [0.25, 0.3) is 40.0 Å². The smallest absolute Gasteiger partial charge is 0.248 e. The quantitative estimate of drug-likeness (QED) is 0.229. The summed E-state index contributed by atoms with van der Waals surface area (Å²) < 4.78 is 11.8. The number of oxazole rings is 1. The summed E-state index contributed by atoms with van der Waals surface area (Å²) in [5.41, 5.74) is 5.88. The van der Waals surface area contributed by atoms with Crippen LogP contribution in [0, 0.1) is 6.92 Å². The van der Waals surface area contributed by atoms with Gasteiger partial charge in [0.1, 0.15) is 17.0 Å². The highest BCUT2D eigenvalue weighted by Gasteiger charge is 2.12. The van der Waals surface area contributed by atoms with Crippen LogP contribution in [0.15, 0.2) is 81.6 Å². The minimum absolute atomic E-state index is 0.288. The van der Waals surface area contributed by atoms with Crippen LogP contribution in [0.1, 0.15) is 23.8 Å². The number of carbonyl (C=O) groups is 1. The lowest BCUT2D eigenvalue weighted by Gasteiger charge is -2.07. The molecule has 3 aromatic carbocycles. The zero-order valence-electron chi connectivity index (χ0n) is 19.6. The molecule has 5 aromatic rings. The Hall–Kier alpha value is -3.80. The maximum absolute atomic E-state index is 12.6. The Morgan fingerprint density at radius 1 is 0.944 bits per heavy atom. The zero-order valence-corrected chi connectivity index (χ0v) is 21.2. The summed E-state index contributed by atoms with van der Waals surface area (Å²) in [5.74, 6) is 1.35. The normalized spacial score (nSPS) is 11.4. The average Bonchev–Trinajstić information content (AvgIpc) is 3.50. The molecule has 0 spiro atoms. The van der Waals surface area contributed by atoms with Gasteiger partial charge in [-0.15, -0.1) is 0 Å². The van der Waals surface area contributed by atoms with Gasteiger partial charge >= 0.3 is 0 Å². The van der Waals surface area contributed by atoms with E-state index in [1.54, 1.807) is 36.4 Å². The van der Waals surface area contributed by atoms with Crippen LogP contribution in [0.4, 0.5) is 5.69 Å². The van der Waals surface area contributed by atoms with Gasteiger partial charge < -0.3 is 14.2 Å². The predicted molar refractivity (Wildman–Crippen MR) is 145 cm³/mol. The Balaban J connectivity index is 1.32. The van der Waals surface area contributed by atoms with Crippen molar-refractivity contribution in [1.29, 1.82) is 0 Å². The van der Waals surface area contributed by atoms with Crippen molar-refractivity contribution in [3.05, 3.63) is 99.7 Å². The SMILES string of the molecule is CCc1ccc2oc(-c3ccc(C)c(NC(=O)/C=C/c4ccc(-c5cc(Cl)cc(Cl)c5)o4)c3)nc2c1. The van der Waals surface area contributed by atoms with E-state index in [2.05, 4.69) is 17.2 Å². The third kappa shape index (κ3) is 5.23. The second-order valence-electron chi connectivity index (χ2n) is 8.39. The molecule has 36 heavy (non-hydrogen) atoms. The van der Waals surface area contributed by atoms with Gasteiger partial charge in [0.05, 0.1) is 0 Å². The Bertz CT molecular complexity index is 1590. The van der Waals surface area contributed by atoms with E-state index in [0.29, 0.717) is 33.1 Å². The standard InChI is InChI=1S/C29H22Cl2N2O3/c1-3-18-5-9-27-25(12-18)33-29(36-27)19-6-4-17(2)24(15-19)32-28(34)11-8-23-7-10-26(35-23)20-13-21(30)16-22(31)14-20/h4-16H,3H2,1-2H3,(H,32,34)/b11-8+. The van der Waals surface area contributed by atoms with Gasteiger partial charge in [-0.3, -0.25) is 4.79 Å². The molecular weight excluding hydrogens is 495 g/mol. The number of hydrogen-bond acceptors (Lipinski definition) is 4. The number of hydrogen-bond donors (Lipinski definition) is 1. The third-order valence-electron chi connectivity index (χ3n) is 5.78. The van der Waals surface area contributed by atoms with Gasteiger partial charge in [-0.05, 0) is 85.1 Å². The van der Waals surface area contributed by atoms with E-state index in [9.17, 15) is 4.79 Å². The van der Waals surface area contributed by atoms with Crippen LogP contribution < -0.4 is 5.32 Å². The Kier molecular flexibility index (Phi) is 6.68. The summed E-state index contributed by atoms with van der Waals surface area (Å²) in [6, 6.07) is 20.5. The van der Waals surface area contributed by atoms with E-state index in [4.69, 9.17) is 32.0 Å². The number of anilines is 1. The summed E-state index contributed by atoms with van der Waals surface area (Å²) in [5, 5.41) is 3.96. The first kappa shape index (κ1) is 23.9. The Morgan fingerprint density at radius 2 is 1.75 bits per heavy atom. The van der Waals surface area contributed by atoms with Crippen LogP contribution in [-0.2, 0) is 11.2 Å². The minimum Gasteiger partial charge on any atom is -0.457 e. The largest absolute Gasteiger partial charge is 0.457 e. The Labute approximate surface area is 218 Å². The number of halogens is 2. The van der Waals surface area contributed by atoms with E-state index in [1.165, 1.54) is 11.6 Å². The third-order valence-corrected chi connectivity index (χ3v) is 6.21. The topological polar surface area (TPSA) is 68.3 Å². The summed E-state index contributed by atoms with van der Waals surface area (Å²) in [6.45, 7) is 4.03. The second kappa shape index (κ2) is 10.1. The summed E-state index contributed by atoms with van der Waals surface area (Å²) in [6.07, 6.45) is 3.96. The van der Waals surface area contributed by atoms with Crippen LogP contribution >= 0.6 is 23.2 Å². The lowest BCUT2D eigenvalue weighted by atomic mass is 10.1.